The Kier molecular flexibility index (Phi) is 6.83. The number of unbranched alkanes of at least 4 members (excludes halogenated alkanes) is 1. The van der Waals surface area contributed by atoms with Crippen LogP contribution in [0.2, 0.25) is 0 Å². The van der Waals surface area contributed by atoms with Crippen molar-refractivity contribution in [3.05, 3.63) is 70.1 Å². The number of aromatic nitrogens is 2. The number of carbonyl (C=O) groups excluding carboxylic acids is 1. The van der Waals surface area contributed by atoms with Crippen molar-refractivity contribution in [1.29, 1.82) is 0 Å². The Balaban J connectivity index is 1.48. The zero-order valence-electron chi connectivity index (χ0n) is 19.6. The van der Waals surface area contributed by atoms with Gasteiger partial charge < -0.3 is 4.90 Å². The molecule has 0 bridgehead atoms. The van der Waals surface area contributed by atoms with E-state index in [0.717, 1.165) is 42.4 Å². The number of rotatable bonds is 7. The number of nitrogens with zero attached hydrogens (tertiary/aromatic N) is 3. The third-order valence-electron chi connectivity index (χ3n) is 6.55. The quantitative estimate of drug-likeness (QED) is 0.509. The van der Waals surface area contributed by atoms with Crippen LogP contribution in [-0.2, 0) is 13.0 Å². The molecule has 2 aromatic carbocycles. The molecule has 170 valence electrons. The summed E-state index contributed by atoms with van der Waals surface area (Å²) in [5.41, 5.74) is 4.14. The molecule has 1 aromatic heterocycles. The maximum atomic E-state index is 13.3. The normalized spacial score (nSPS) is 15.1. The molecular weight excluding hydrogens is 398 g/mol. The molecule has 0 spiro atoms. The van der Waals surface area contributed by atoms with Crippen LogP contribution < -0.4 is 5.69 Å². The zero-order valence-corrected chi connectivity index (χ0v) is 19.6. The average Bonchev–Trinajstić information content (AvgIpc) is 3.08. The van der Waals surface area contributed by atoms with Crippen molar-refractivity contribution in [3.8, 4) is 0 Å². The second-order valence-electron chi connectivity index (χ2n) is 9.47. The lowest BCUT2D eigenvalue weighted by atomic mass is 10.0. The van der Waals surface area contributed by atoms with Crippen LogP contribution in [-0.4, -0.2) is 33.0 Å². The minimum absolute atomic E-state index is 0.0762. The highest BCUT2D eigenvalue weighted by atomic mass is 16.2. The van der Waals surface area contributed by atoms with E-state index >= 15 is 0 Å². The number of hydrogen-bond acceptors (Lipinski definition) is 2. The molecule has 1 aliphatic rings. The van der Waals surface area contributed by atoms with E-state index in [2.05, 4.69) is 32.9 Å². The van der Waals surface area contributed by atoms with Crippen LogP contribution in [0.3, 0.4) is 0 Å². The molecule has 32 heavy (non-hydrogen) atoms. The van der Waals surface area contributed by atoms with E-state index < -0.39 is 0 Å². The van der Waals surface area contributed by atoms with Crippen LogP contribution in [0, 0.1) is 5.92 Å². The Morgan fingerprint density at radius 2 is 1.66 bits per heavy atom. The number of fused-ring (bicyclic) bond motifs is 1. The number of likely N-dealkylation sites (tertiary alicyclic amines) is 1. The number of carbonyl (C=O) groups is 1. The highest BCUT2D eigenvalue weighted by Crippen LogP contribution is 2.27. The molecule has 3 aromatic rings. The summed E-state index contributed by atoms with van der Waals surface area (Å²) in [6.07, 6.45) is 5.02. The molecule has 0 aliphatic carbocycles. The molecule has 1 saturated heterocycles. The topological polar surface area (TPSA) is 47.2 Å². The van der Waals surface area contributed by atoms with Gasteiger partial charge in [-0.25, -0.2) is 4.79 Å². The summed E-state index contributed by atoms with van der Waals surface area (Å²) in [5, 5.41) is 0. The Bertz CT molecular complexity index is 1120. The number of para-hydroxylation sites is 2. The minimum Gasteiger partial charge on any atom is -0.338 e. The fourth-order valence-electron chi connectivity index (χ4n) is 4.83. The number of aryl methyl sites for hydroxylation is 1. The SMILES string of the molecule is CCCCc1ccc(C(=O)N2CCC(n3c(=O)n(CC(C)C)c4ccccc43)CC2)cc1. The second kappa shape index (κ2) is 9.76. The van der Waals surface area contributed by atoms with Gasteiger partial charge in [-0.3, -0.25) is 13.9 Å². The lowest BCUT2D eigenvalue weighted by Gasteiger charge is -2.32. The van der Waals surface area contributed by atoms with Crippen LogP contribution in [0.4, 0.5) is 0 Å². The first kappa shape index (κ1) is 22.4. The third-order valence-corrected chi connectivity index (χ3v) is 6.55. The van der Waals surface area contributed by atoms with Crippen molar-refractivity contribution in [1.82, 2.24) is 14.0 Å². The van der Waals surface area contributed by atoms with E-state index in [4.69, 9.17) is 0 Å². The Morgan fingerprint density at radius 1 is 1.00 bits per heavy atom. The van der Waals surface area contributed by atoms with E-state index in [1.54, 1.807) is 0 Å². The maximum absolute atomic E-state index is 13.3. The zero-order chi connectivity index (χ0) is 22.7. The predicted octanol–water partition coefficient (Wildman–Crippen LogP) is 5.28. The largest absolute Gasteiger partial charge is 0.338 e. The Labute approximate surface area is 190 Å². The molecule has 0 unspecified atom stereocenters. The van der Waals surface area contributed by atoms with Crippen LogP contribution in [0.15, 0.2) is 53.3 Å². The van der Waals surface area contributed by atoms with Crippen molar-refractivity contribution >= 4 is 16.9 Å². The van der Waals surface area contributed by atoms with Gasteiger partial charge in [0.1, 0.15) is 0 Å². The van der Waals surface area contributed by atoms with Gasteiger partial charge in [0.25, 0.3) is 5.91 Å². The summed E-state index contributed by atoms with van der Waals surface area (Å²) in [6.45, 7) is 8.54. The molecule has 0 N–H and O–H groups in total. The second-order valence-corrected chi connectivity index (χ2v) is 9.47. The van der Waals surface area contributed by atoms with E-state index in [9.17, 15) is 9.59 Å². The van der Waals surface area contributed by atoms with Crippen molar-refractivity contribution in [2.24, 2.45) is 5.92 Å². The highest BCUT2D eigenvalue weighted by Gasteiger charge is 2.27. The van der Waals surface area contributed by atoms with Crippen molar-refractivity contribution in [3.63, 3.8) is 0 Å². The van der Waals surface area contributed by atoms with E-state index in [0.29, 0.717) is 19.0 Å². The minimum atomic E-state index is 0.0762. The fraction of sp³-hybridized carbons (Fsp3) is 0.481. The van der Waals surface area contributed by atoms with Gasteiger partial charge in [0.2, 0.25) is 0 Å². The maximum Gasteiger partial charge on any atom is 0.329 e. The first-order valence-electron chi connectivity index (χ1n) is 12.1. The lowest BCUT2D eigenvalue weighted by molar-refractivity contribution is 0.0694. The standard InChI is InChI=1S/C27H35N3O2/c1-4-5-8-21-11-13-22(14-12-21)26(31)28-17-15-23(16-18-28)30-25-10-7-6-9-24(25)29(27(30)32)19-20(2)3/h6-7,9-14,20,23H,4-5,8,15-19H2,1-3H3. The molecule has 0 atom stereocenters. The van der Waals surface area contributed by atoms with Crippen molar-refractivity contribution < 1.29 is 4.79 Å². The van der Waals surface area contributed by atoms with Gasteiger partial charge in [0, 0.05) is 31.2 Å². The average molecular weight is 434 g/mol. The molecule has 0 radical (unpaired) electrons. The van der Waals surface area contributed by atoms with Crippen LogP contribution in [0.1, 0.15) is 68.4 Å². The summed E-state index contributed by atoms with van der Waals surface area (Å²) >= 11 is 0. The van der Waals surface area contributed by atoms with Crippen LogP contribution in [0.5, 0.6) is 0 Å². The molecule has 1 aliphatic heterocycles. The van der Waals surface area contributed by atoms with Gasteiger partial charge >= 0.3 is 5.69 Å². The molecule has 5 heteroatoms. The van der Waals surface area contributed by atoms with Gasteiger partial charge in [-0.15, -0.1) is 0 Å². The Hall–Kier alpha value is -2.82. The smallest absolute Gasteiger partial charge is 0.329 e. The molecule has 1 amide bonds. The van der Waals surface area contributed by atoms with Crippen molar-refractivity contribution in [2.75, 3.05) is 13.1 Å². The summed E-state index contributed by atoms with van der Waals surface area (Å²) in [6, 6.07) is 16.3. The summed E-state index contributed by atoms with van der Waals surface area (Å²) < 4.78 is 3.89. The Morgan fingerprint density at radius 3 is 2.28 bits per heavy atom. The van der Waals surface area contributed by atoms with E-state index in [-0.39, 0.29) is 17.6 Å². The van der Waals surface area contributed by atoms with Gasteiger partial charge in [0.15, 0.2) is 0 Å². The fourth-order valence-corrected chi connectivity index (χ4v) is 4.83. The molecule has 2 heterocycles. The molecule has 4 rings (SSSR count). The number of imidazole rings is 1. The summed E-state index contributed by atoms with van der Waals surface area (Å²) in [5.74, 6) is 0.500. The summed E-state index contributed by atoms with van der Waals surface area (Å²) in [7, 11) is 0. The van der Waals surface area contributed by atoms with Gasteiger partial charge in [-0.2, -0.15) is 0 Å². The number of hydrogen-bond donors (Lipinski definition) is 0. The highest BCUT2D eigenvalue weighted by molar-refractivity contribution is 5.94. The lowest BCUT2D eigenvalue weighted by Crippen LogP contribution is -2.41. The van der Waals surface area contributed by atoms with E-state index in [1.807, 2.05) is 50.4 Å². The van der Waals surface area contributed by atoms with Gasteiger partial charge in [0.05, 0.1) is 11.0 Å². The number of amides is 1. The predicted molar refractivity (Wildman–Crippen MR) is 130 cm³/mol. The van der Waals surface area contributed by atoms with Crippen LogP contribution >= 0.6 is 0 Å². The molecule has 0 saturated carbocycles. The molecule has 1 fully saturated rings. The monoisotopic (exact) mass is 433 g/mol. The first-order valence-corrected chi connectivity index (χ1v) is 12.1. The third kappa shape index (κ3) is 4.52. The van der Waals surface area contributed by atoms with Gasteiger partial charge in [-0.05, 0) is 61.4 Å². The first-order chi connectivity index (χ1) is 15.5. The van der Waals surface area contributed by atoms with Crippen molar-refractivity contribution in [2.45, 2.75) is 65.5 Å². The van der Waals surface area contributed by atoms with Crippen LogP contribution in [0.25, 0.3) is 11.0 Å². The molecular formula is C27H35N3O2. The number of piperidine rings is 1. The van der Waals surface area contributed by atoms with Gasteiger partial charge in [-0.1, -0.05) is 51.5 Å². The summed E-state index contributed by atoms with van der Waals surface area (Å²) in [4.78, 5) is 28.3. The van der Waals surface area contributed by atoms with E-state index in [1.165, 1.54) is 18.4 Å². The molecule has 5 nitrogen and oxygen atoms in total. The number of benzene rings is 2.